The van der Waals surface area contributed by atoms with Gasteiger partial charge in [0.1, 0.15) is 0 Å². The molecule has 0 rings (SSSR count). The Balaban J connectivity index is 4.13. The summed E-state index contributed by atoms with van der Waals surface area (Å²) in [6, 6.07) is 0. The molecule has 0 aromatic rings. The molecule has 0 aromatic heterocycles. The summed E-state index contributed by atoms with van der Waals surface area (Å²) in [5.74, 6) is 1.12. The highest BCUT2D eigenvalue weighted by atomic mass is 16.5. The summed E-state index contributed by atoms with van der Waals surface area (Å²) in [7, 11) is 1.40. The van der Waals surface area contributed by atoms with Gasteiger partial charge in [0.2, 0.25) is 0 Å². The summed E-state index contributed by atoms with van der Waals surface area (Å²) in [5, 5.41) is 0. The molecule has 0 aromatic carbocycles. The highest BCUT2D eigenvalue weighted by Crippen LogP contribution is 2.15. The van der Waals surface area contributed by atoms with Gasteiger partial charge >= 0.3 is 5.97 Å². The molecule has 16 heavy (non-hydrogen) atoms. The summed E-state index contributed by atoms with van der Waals surface area (Å²) in [6.45, 7) is 8.53. The van der Waals surface area contributed by atoms with Gasteiger partial charge in [-0.2, -0.15) is 0 Å². The van der Waals surface area contributed by atoms with Crippen molar-refractivity contribution in [1.82, 2.24) is 0 Å². The molecule has 0 N–H and O–H groups in total. The van der Waals surface area contributed by atoms with Crippen molar-refractivity contribution in [3.63, 3.8) is 0 Å². The number of ether oxygens (including phenoxy) is 1. The summed E-state index contributed by atoms with van der Waals surface area (Å²) in [4.78, 5) is 11.3. The summed E-state index contributed by atoms with van der Waals surface area (Å²) >= 11 is 0. The first kappa shape index (κ1) is 14.9. The average Bonchev–Trinajstić information content (AvgIpc) is 2.22. The first-order chi connectivity index (χ1) is 7.51. The maximum Gasteiger partial charge on any atom is 0.337 e. The van der Waals surface area contributed by atoms with Gasteiger partial charge in [-0.1, -0.05) is 39.0 Å². The van der Waals surface area contributed by atoms with E-state index in [4.69, 9.17) is 0 Å². The molecular formula is C14H24O2. The normalized spacial score (nSPS) is 14.5. The molecule has 0 radical (unpaired) electrons. The molecular weight excluding hydrogens is 200 g/mol. The molecule has 0 aliphatic rings. The number of carbonyl (C=O) groups excluding carboxylic acids is 1. The van der Waals surface area contributed by atoms with Gasteiger partial charge in [0.05, 0.1) is 12.7 Å². The molecule has 2 nitrogen and oxygen atoms in total. The highest BCUT2D eigenvalue weighted by molar-refractivity contribution is 5.91. The Kier molecular flexibility index (Phi) is 7.61. The van der Waals surface area contributed by atoms with E-state index in [2.05, 4.69) is 31.6 Å². The van der Waals surface area contributed by atoms with Crippen LogP contribution in [0.25, 0.3) is 0 Å². The van der Waals surface area contributed by atoms with Crippen molar-refractivity contribution in [2.75, 3.05) is 7.11 Å². The fourth-order valence-electron chi connectivity index (χ4n) is 1.73. The minimum Gasteiger partial charge on any atom is -0.465 e. The zero-order chi connectivity index (χ0) is 12.6. The lowest BCUT2D eigenvalue weighted by Crippen LogP contribution is -2.02. The number of hydrogen-bond acceptors (Lipinski definition) is 2. The van der Waals surface area contributed by atoms with Crippen LogP contribution in [0.1, 0.15) is 40.5 Å². The standard InChI is InChI=1S/C14H24O2/c1-6-13(14(15)16-5)9-7-8-12(4)10-11(2)3/h6-7,9,11-12H,8,10H2,1-5H3/b9-7-,13-6+. The lowest BCUT2D eigenvalue weighted by Gasteiger charge is -2.10. The molecule has 2 heteroatoms. The summed E-state index contributed by atoms with van der Waals surface area (Å²) in [5.41, 5.74) is 0.624. The van der Waals surface area contributed by atoms with Crippen LogP contribution in [0.4, 0.5) is 0 Å². The topological polar surface area (TPSA) is 26.3 Å². The minimum absolute atomic E-state index is 0.268. The minimum atomic E-state index is -0.268. The van der Waals surface area contributed by atoms with Gasteiger partial charge in [0.25, 0.3) is 0 Å². The van der Waals surface area contributed by atoms with Crippen molar-refractivity contribution >= 4 is 5.97 Å². The lowest BCUT2D eigenvalue weighted by atomic mass is 9.96. The third-order valence-corrected chi connectivity index (χ3v) is 2.44. The number of allylic oxidation sites excluding steroid dienone is 2. The number of hydrogen-bond donors (Lipinski definition) is 0. The largest absolute Gasteiger partial charge is 0.465 e. The van der Waals surface area contributed by atoms with Gasteiger partial charge in [-0.15, -0.1) is 0 Å². The van der Waals surface area contributed by atoms with E-state index in [-0.39, 0.29) is 5.97 Å². The first-order valence-electron chi connectivity index (χ1n) is 5.92. The molecule has 0 amide bonds. The van der Waals surface area contributed by atoms with Crippen LogP contribution in [0.2, 0.25) is 0 Å². The third kappa shape index (κ3) is 6.44. The van der Waals surface area contributed by atoms with Crippen molar-refractivity contribution in [2.45, 2.75) is 40.5 Å². The zero-order valence-corrected chi connectivity index (χ0v) is 11.1. The van der Waals surface area contributed by atoms with Gasteiger partial charge in [-0.05, 0) is 31.6 Å². The second-order valence-electron chi connectivity index (χ2n) is 4.61. The molecule has 1 unspecified atom stereocenters. The van der Waals surface area contributed by atoms with Crippen LogP contribution in [-0.2, 0) is 9.53 Å². The van der Waals surface area contributed by atoms with Crippen LogP contribution in [0.5, 0.6) is 0 Å². The van der Waals surface area contributed by atoms with E-state index >= 15 is 0 Å². The van der Waals surface area contributed by atoms with Crippen LogP contribution in [0.15, 0.2) is 23.8 Å². The van der Waals surface area contributed by atoms with Crippen molar-refractivity contribution in [1.29, 1.82) is 0 Å². The monoisotopic (exact) mass is 224 g/mol. The molecule has 0 saturated heterocycles. The Labute approximate surface area is 99.4 Å². The number of rotatable bonds is 6. The Bertz CT molecular complexity index is 262. The smallest absolute Gasteiger partial charge is 0.337 e. The SMILES string of the molecule is C/C=C(\C=C/CC(C)CC(C)C)C(=O)OC. The van der Waals surface area contributed by atoms with Gasteiger partial charge < -0.3 is 4.74 Å². The van der Waals surface area contributed by atoms with E-state index in [0.717, 1.165) is 12.3 Å². The fraction of sp³-hybridized carbons (Fsp3) is 0.643. The van der Waals surface area contributed by atoms with E-state index in [1.165, 1.54) is 13.5 Å². The lowest BCUT2D eigenvalue weighted by molar-refractivity contribution is -0.135. The Morgan fingerprint density at radius 2 is 1.94 bits per heavy atom. The molecule has 0 aliphatic heterocycles. The number of esters is 1. The van der Waals surface area contributed by atoms with Crippen LogP contribution < -0.4 is 0 Å². The molecule has 0 bridgehead atoms. The first-order valence-corrected chi connectivity index (χ1v) is 5.92. The Morgan fingerprint density at radius 3 is 2.38 bits per heavy atom. The highest BCUT2D eigenvalue weighted by Gasteiger charge is 2.05. The van der Waals surface area contributed by atoms with Gasteiger partial charge in [0, 0.05) is 0 Å². The van der Waals surface area contributed by atoms with Gasteiger partial charge in [-0.25, -0.2) is 4.79 Å². The summed E-state index contributed by atoms with van der Waals surface area (Å²) in [6.07, 6.45) is 7.90. The van der Waals surface area contributed by atoms with E-state index < -0.39 is 0 Å². The molecule has 0 saturated carbocycles. The molecule has 0 heterocycles. The quantitative estimate of drug-likeness (QED) is 0.390. The van der Waals surface area contributed by atoms with Crippen LogP contribution in [0.3, 0.4) is 0 Å². The van der Waals surface area contributed by atoms with Gasteiger partial charge in [0.15, 0.2) is 0 Å². The van der Waals surface area contributed by atoms with Crippen molar-refractivity contribution in [2.24, 2.45) is 11.8 Å². The average molecular weight is 224 g/mol. The number of carbonyl (C=O) groups is 1. The fourth-order valence-corrected chi connectivity index (χ4v) is 1.73. The van der Waals surface area contributed by atoms with E-state index in [1.54, 1.807) is 6.08 Å². The maximum absolute atomic E-state index is 11.3. The van der Waals surface area contributed by atoms with Crippen LogP contribution in [0, 0.1) is 11.8 Å². The van der Waals surface area contributed by atoms with Crippen LogP contribution in [-0.4, -0.2) is 13.1 Å². The second kappa shape index (κ2) is 8.14. The molecule has 1 atom stereocenters. The second-order valence-corrected chi connectivity index (χ2v) is 4.61. The van der Waals surface area contributed by atoms with E-state index in [9.17, 15) is 4.79 Å². The Morgan fingerprint density at radius 1 is 1.31 bits per heavy atom. The molecule has 0 fully saturated rings. The Hall–Kier alpha value is -1.05. The van der Waals surface area contributed by atoms with E-state index in [1.807, 2.05) is 13.0 Å². The predicted molar refractivity (Wildman–Crippen MR) is 68.1 cm³/mol. The molecule has 0 aliphatic carbocycles. The summed E-state index contributed by atoms with van der Waals surface area (Å²) < 4.78 is 4.67. The maximum atomic E-state index is 11.3. The molecule has 92 valence electrons. The van der Waals surface area contributed by atoms with Crippen LogP contribution >= 0.6 is 0 Å². The van der Waals surface area contributed by atoms with Crippen molar-refractivity contribution < 1.29 is 9.53 Å². The van der Waals surface area contributed by atoms with Gasteiger partial charge in [-0.3, -0.25) is 0 Å². The van der Waals surface area contributed by atoms with Crippen molar-refractivity contribution in [3.8, 4) is 0 Å². The van der Waals surface area contributed by atoms with Crippen molar-refractivity contribution in [3.05, 3.63) is 23.8 Å². The van der Waals surface area contributed by atoms with E-state index in [0.29, 0.717) is 11.5 Å². The number of methoxy groups -OCH3 is 1. The predicted octanol–water partition coefficient (Wildman–Crippen LogP) is 3.73. The molecule has 0 spiro atoms. The zero-order valence-electron chi connectivity index (χ0n) is 11.1. The third-order valence-electron chi connectivity index (χ3n) is 2.44.